The van der Waals surface area contributed by atoms with E-state index in [2.05, 4.69) is 21.3 Å². The normalized spacial score (nSPS) is 17.0. The molecule has 328 valence electrons. The van der Waals surface area contributed by atoms with Gasteiger partial charge in [-0.1, -0.05) is 60.7 Å². The summed E-state index contributed by atoms with van der Waals surface area (Å²) in [5.74, 6) is -0.917. The number of hydrogen-bond acceptors (Lipinski definition) is 9. The van der Waals surface area contributed by atoms with E-state index in [-0.39, 0.29) is 24.0 Å². The Morgan fingerprint density at radius 1 is 0.587 bits per heavy atom. The highest BCUT2D eigenvalue weighted by atomic mass is 16.6. The van der Waals surface area contributed by atoms with Gasteiger partial charge in [-0.3, -0.25) is 19.2 Å². The highest BCUT2D eigenvalue weighted by Gasteiger charge is 2.40. The van der Waals surface area contributed by atoms with Crippen molar-refractivity contribution in [2.24, 2.45) is 0 Å². The second kappa shape index (κ2) is 19.7. The number of amides is 6. The number of fused-ring (bicyclic) bond motifs is 1. The lowest BCUT2D eigenvalue weighted by atomic mass is 10.0. The first-order valence-corrected chi connectivity index (χ1v) is 21.3. The Labute approximate surface area is 365 Å². The van der Waals surface area contributed by atoms with Crippen molar-refractivity contribution < 1.29 is 42.7 Å². The summed E-state index contributed by atoms with van der Waals surface area (Å²) in [6, 6.07) is 28.5. The van der Waals surface area contributed by atoms with Crippen molar-refractivity contribution in [2.45, 2.75) is 89.8 Å². The van der Waals surface area contributed by atoms with Crippen LogP contribution in [0.1, 0.15) is 76.6 Å². The molecule has 7 rings (SSSR count). The van der Waals surface area contributed by atoms with Crippen LogP contribution in [0.2, 0.25) is 0 Å². The van der Waals surface area contributed by atoms with E-state index in [9.17, 15) is 28.8 Å². The summed E-state index contributed by atoms with van der Waals surface area (Å²) in [7, 11) is 0. The summed E-state index contributed by atoms with van der Waals surface area (Å²) < 4.78 is 16.7. The molecule has 15 heteroatoms. The third-order valence-electron chi connectivity index (χ3n) is 10.9. The third kappa shape index (κ3) is 10.7. The minimum absolute atomic E-state index is 0.340. The Morgan fingerprint density at radius 2 is 1.05 bits per heavy atom. The largest absolute Gasteiger partial charge is 0.456 e. The summed E-state index contributed by atoms with van der Waals surface area (Å²) in [5.41, 5.74) is 3.55. The van der Waals surface area contributed by atoms with Crippen molar-refractivity contribution in [1.29, 1.82) is 0 Å². The van der Waals surface area contributed by atoms with E-state index in [1.54, 1.807) is 107 Å². The molecule has 4 aromatic carbocycles. The molecule has 5 aromatic rings. The number of carbonyl (C=O) groups is 6. The van der Waals surface area contributed by atoms with Gasteiger partial charge in [-0.15, -0.1) is 0 Å². The molecule has 6 amide bonds. The van der Waals surface area contributed by atoms with Crippen LogP contribution in [0.3, 0.4) is 0 Å². The number of benzene rings is 4. The number of nitrogens with zero attached hydrogens (tertiary/aromatic N) is 2. The van der Waals surface area contributed by atoms with Gasteiger partial charge in [-0.25, -0.2) is 9.59 Å². The quantitative estimate of drug-likeness (QED) is 0.0920. The lowest BCUT2D eigenvalue weighted by Gasteiger charge is -2.29. The molecule has 2 fully saturated rings. The van der Waals surface area contributed by atoms with E-state index in [0.29, 0.717) is 72.6 Å². The minimum Gasteiger partial charge on any atom is -0.456 e. The van der Waals surface area contributed by atoms with Crippen LogP contribution in [-0.4, -0.2) is 83.0 Å². The zero-order chi connectivity index (χ0) is 44.6. The number of carbonyl (C=O) groups excluding carboxylic acids is 6. The zero-order valence-electron chi connectivity index (χ0n) is 35.7. The Balaban J connectivity index is 0.987. The van der Waals surface area contributed by atoms with E-state index >= 15 is 0 Å². The van der Waals surface area contributed by atoms with Gasteiger partial charge >= 0.3 is 12.2 Å². The Bertz CT molecular complexity index is 2440. The van der Waals surface area contributed by atoms with E-state index in [4.69, 9.17) is 13.9 Å². The number of nitrogens with one attached hydrogen (secondary N) is 4. The molecule has 0 saturated carbocycles. The molecule has 63 heavy (non-hydrogen) atoms. The van der Waals surface area contributed by atoms with Crippen LogP contribution in [0.25, 0.3) is 22.3 Å². The van der Waals surface area contributed by atoms with Gasteiger partial charge in [0.2, 0.25) is 11.8 Å². The lowest BCUT2D eigenvalue weighted by Crippen LogP contribution is -2.48. The number of hydrogen-bond donors (Lipinski definition) is 4. The molecule has 15 nitrogen and oxygen atoms in total. The first kappa shape index (κ1) is 43.9. The van der Waals surface area contributed by atoms with Gasteiger partial charge in [-0.2, -0.15) is 0 Å². The van der Waals surface area contributed by atoms with Crippen LogP contribution in [0.15, 0.2) is 114 Å². The fourth-order valence-corrected chi connectivity index (χ4v) is 7.97. The van der Waals surface area contributed by atoms with Gasteiger partial charge in [0.25, 0.3) is 11.8 Å². The van der Waals surface area contributed by atoms with E-state index in [1.165, 1.54) is 9.80 Å². The first-order valence-electron chi connectivity index (χ1n) is 21.3. The van der Waals surface area contributed by atoms with Gasteiger partial charge in [-0.05, 0) is 113 Å². The number of alkyl carbamates (subject to hydrolysis) is 2. The van der Waals surface area contributed by atoms with Crippen LogP contribution >= 0.6 is 0 Å². The Kier molecular flexibility index (Phi) is 13.7. The molecule has 0 radical (unpaired) electrons. The monoisotopic (exact) mass is 856 g/mol. The van der Waals surface area contributed by atoms with Crippen molar-refractivity contribution in [2.75, 3.05) is 23.7 Å². The maximum absolute atomic E-state index is 14.0. The van der Waals surface area contributed by atoms with E-state index < -0.39 is 48.2 Å². The number of likely N-dealkylation sites (tertiary alicyclic amines) is 2. The molecule has 0 aliphatic carbocycles. The van der Waals surface area contributed by atoms with Crippen molar-refractivity contribution in [3.8, 4) is 11.3 Å². The van der Waals surface area contributed by atoms with Crippen molar-refractivity contribution in [3.63, 3.8) is 0 Å². The van der Waals surface area contributed by atoms with Gasteiger partial charge in [0, 0.05) is 35.4 Å². The molecule has 4 atom stereocenters. The molecule has 0 unspecified atom stereocenters. The minimum atomic E-state index is -1.03. The van der Waals surface area contributed by atoms with Crippen molar-refractivity contribution in [1.82, 2.24) is 20.4 Å². The molecule has 0 spiro atoms. The maximum Gasteiger partial charge on any atom is 0.408 e. The van der Waals surface area contributed by atoms with Gasteiger partial charge < -0.3 is 45.0 Å². The highest BCUT2D eigenvalue weighted by Crippen LogP contribution is 2.32. The summed E-state index contributed by atoms with van der Waals surface area (Å²) in [5, 5.41) is 12.0. The molecule has 0 bridgehead atoms. The number of rotatable bonds is 13. The van der Waals surface area contributed by atoms with Crippen LogP contribution in [0.4, 0.5) is 21.0 Å². The number of furan rings is 1. The molecule has 2 saturated heterocycles. The molecule has 2 aliphatic heterocycles. The summed E-state index contributed by atoms with van der Waals surface area (Å²) in [4.78, 5) is 83.4. The SMILES string of the molecule is CC(C)OC(=O)N[C@@H](C(=O)N1CCC[C@H]1C(=O)Nc1ccc(-c2cc3cc(NC(=O)[C@@H]4CCCN4C(=O)[C@H](NC(=O)OC(C)C)c4ccccc4)ccc3o2)cc1)c1ccccc1. The average molecular weight is 857 g/mol. The van der Waals surface area contributed by atoms with Crippen LogP contribution in [0.5, 0.6) is 0 Å². The highest BCUT2D eigenvalue weighted by molar-refractivity contribution is 6.01. The molecule has 1 aromatic heterocycles. The smallest absolute Gasteiger partial charge is 0.408 e. The maximum atomic E-state index is 14.0. The van der Waals surface area contributed by atoms with Crippen molar-refractivity contribution >= 4 is 58.2 Å². The molecular formula is C48H52N6O9. The third-order valence-corrected chi connectivity index (χ3v) is 10.9. The number of ether oxygens (including phenoxy) is 2. The summed E-state index contributed by atoms with van der Waals surface area (Å²) in [6.45, 7) is 7.61. The Hall–Kier alpha value is -7.16. The topological polar surface area (TPSA) is 189 Å². The molecule has 4 N–H and O–H groups in total. The lowest BCUT2D eigenvalue weighted by molar-refractivity contribution is -0.138. The van der Waals surface area contributed by atoms with Gasteiger partial charge in [0.05, 0.1) is 12.2 Å². The van der Waals surface area contributed by atoms with Crippen LogP contribution in [0, 0.1) is 0 Å². The fraction of sp³-hybridized carbons (Fsp3) is 0.333. The summed E-state index contributed by atoms with van der Waals surface area (Å²) in [6.07, 6.45) is -0.0226. The standard InChI is InChI=1S/C48H52N6O9/c1-29(2)61-47(59)51-41(32-13-7-5-8-14-32)45(57)53-25-11-17-37(53)43(55)49-35-21-19-31(20-22-35)40-28-34-27-36(23-24-39(34)63-40)50-44(56)38-18-12-26-54(38)46(58)42(33-15-9-6-10-16-33)52-48(60)62-30(3)4/h5-10,13-16,19-24,27-30,37-38,41-42H,11-12,17-18,25-26H2,1-4H3,(H,49,55)(H,50,56)(H,51,59)(H,52,60)/t37-,38-,41+,42+/m0/s1. The fourth-order valence-electron chi connectivity index (χ4n) is 7.97. The second-order valence-corrected chi connectivity index (χ2v) is 16.2. The van der Waals surface area contributed by atoms with Gasteiger partial charge in [0.15, 0.2) is 0 Å². The predicted molar refractivity (Wildman–Crippen MR) is 236 cm³/mol. The van der Waals surface area contributed by atoms with Crippen molar-refractivity contribution in [3.05, 3.63) is 120 Å². The van der Waals surface area contributed by atoms with E-state index in [0.717, 1.165) is 10.9 Å². The average Bonchev–Trinajstić information content (AvgIpc) is 4.05. The zero-order valence-corrected chi connectivity index (χ0v) is 35.7. The van der Waals surface area contributed by atoms with Crippen LogP contribution in [-0.2, 0) is 28.7 Å². The second-order valence-electron chi connectivity index (χ2n) is 16.2. The molecule has 2 aliphatic rings. The first-order chi connectivity index (χ1) is 30.3. The summed E-state index contributed by atoms with van der Waals surface area (Å²) >= 11 is 0. The van der Waals surface area contributed by atoms with E-state index in [1.807, 2.05) is 30.3 Å². The molecular weight excluding hydrogens is 805 g/mol. The Morgan fingerprint density at radius 3 is 1.52 bits per heavy atom. The predicted octanol–water partition coefficient (Wildman–Crippen LogP) is 7.71. The number of anilines is 2. The van der Waals surface area contributed by atoms with Gasteiger partial charge in [0.1, 0.15) is 35.5 Å². The molecule has 3 heterocycles. The van der Waals surface area contributed by atoms with Crippen LogP contribution < -0.4 is 21.3 Å².